The lowest BCUT2D eigenvalue weighted by molar-refractivity contribution is 0.0696. The van der Waals surface area contributed by atoms with Crippen LogP contribution in [0.5, 0.6) is 5.75 Å². The van der Waals surface area contributed by atoms with E-state index in [0.29, 0.717) is 34.5 Å². The Bertz CT molecular complexity index is 967. The Kier molecular flexibility index (Phi) is 6.45. The van der Waals surface area contributed by atoms with E-state index in [9.17, 15) is 9.90 Å². The van der Waals surface area contributed by atoms with Crippen LogP contribution in [-0.2, 0) is 13.2 Å². The average Bonchev–Trinajstić information content (AvgIpc) is 2.67. The van der Waals surface area contributed by atoms with Gasteiger partial charge >= 0.3 is 5.97 Å². The van der Waals surface area contributed by atoms with Crippen LogP contribution in [0.2, 0.25) is 10.0 Å². The van der Waals surface area contributed by atoms with Crippen LogP contribution in [0.25, 0.3) is 0 Å². The molecule has 0 aromatic heterocycles. The van der Waals surface area contributed by atoms with Gasteiger partial charge in [-0.1, -0.05) is 59.6 Å². The standard InChI is InChI=1S/C22H19Cl2NO3/c1-14-17(22(26)27)8-5-9-20(14)25-12-16-10-18(23)21(19(24)11-16)28-13-15-6-3-2-4-7-15/h2-11,25H,12-13H2,1H3,(H,26,27). The Balaban J connectivity index is 1.71. The fraction of sp³-hybridized carbons (Fsp3) is 0.136. The second-order valence-corrected chi connectivity index (χ2v) is 7.11. The third-order valence-electron chi connectivity index (χ3n) is 4.33. The highest BCUT2D eigenvalue weighted by molar-refractivity contribution is 6.37. The molecule has 0 atom stereocenters. The first-order chi connectivity index (χ1) is 13.5. The molecule has 0 radical (unpaired) electrons. The number of hydrogen-bond acceptors (Lipinski definition) is 3. The van der Waals surface area contributed by atoms with Crippen molar-refractivity contribution >= 4 is 34.9 Å². The summed E-state index contributed by atoms with van der Waals surface area (Å²) in [7, 11) is 0. The summed E-state index contributed by atoms with van der Waals surface area (Å²) < 4.78 is 5.78. The first-order valence-corrected chi connectivity index (χ1v) is 9.42. The molecule has 28 heavy (non-hydrogen) atoms. The zero-order valence-corrected chi connectivity index (χ0v) is 16.7. The molecule has 0 heterocycles. The SMILES string of the molecule is Cc1c(NCc2cc(Cl)c(OCc3ccccc3)c(Cl)c2)cccc1C(=O)O. The molecule has 2 N–H and O–H groups in total. The fourth-order valence-corrected chi connectivity index (χ4v) is 3.48. The monoisotopic (exact) mass is 415 g/mol. The molecule has 144 valence electrons. The van der Waals surface area contributed by atoms with Crippen molar-refractivity contribution < 1.29 is 14.6 Å². The normalized spacial score (nSPS) is 10.5. The van der Waals surface area contributed by atoms with Crippen LogP contribution in [0.15, 0.2) is 60.7 Å². The van der Waals surface area contributed by atoms with Crippen LogP contribution in [0.4, 0.5) is 5.69 Å². The Morgan fingerprint density at radius 2 is 1.68 bits per heavy atom. The summed E-state index contributed by atoms with van der Waals surface area (Å²) >= 11 is 12.7. The fourth-order valence-electron chi connectivity index (χ4n) is 2.84. The van der Waals surface area contributed by atoms with Crippen LogP contribution in [0.3, 0.4) is 0 Å². The summed E-state index contributed by atoms with van der Waals surface area (Å²) in [4.78, 5) is 11.3. The van der Waals surface area contributed by atoms with Gasteiger partial charge in [0.1, 0.15) is 6.61 Å². The third-order valence-corrected chi connectivity index (χ3v) is 4.89. The summed E-state index contributed by atoms with van der Waals surface area (Å²) in [6.07, 6.45) is 0. The second-order valence-electron chi connectivity index (χ2n) is 6.30. The molecule has 0 aliphatic carbocycles. The first kappa shape index (κ1) is 20.1. The molecule has 3 aromatic carbocycles. The number of halogens is 2. The van der Waals surface area contributed by atoms with Crippen molar-refractivity contribution in [1.29, 1.82) is 0 Å². The highest BCUT2D eigenvalue weighted by Gasteiger charge is 2.12. The first-order valence-electron chi connectivity index (χ1n) is 8.67. The Morgan fingerprint density at radius 3 is 2.32 bits per heavy atom. The van der Waals surface area contributed by atoms with E-state index in [-0.39, 0.29) is 5.56 Å². The molecule has 3 aromatic rings. The van der Waals surface area contributed by atoms with Crippen molar-refractivity contribution in [2.75, 3.05) is 5.32 Å². The van der Waals surface area contributed by atoms with Gasteiger partial charge in [-0.05, 0) is 47.9 Å². The van der Waals surface area contributed by atoms with Gasteiger partial charge < -0.3 is 15.2 Å². The molecule has 4 nitrogen and oxygen atoms in total. The molecule has 0 bridgehead atoms. The summed E-state index contributed by atoms with van der Waals surface area (Å²) in [6, 6.07) is 18.5. The predicted octanol–water partition coefficient (Wildman–Crippen LogP) is 6.19. The highest BCUT2D eigenvalue weighted by Crippen LogP contribution is 2.35. The summed E-state index contributed by atoms with van der Waals surface area (Å²) in [5.74, 6) is -0.507. The lowest BCUT2D eigenvalue weighted by Gasteiger charge is -2.14. The van der Waals surface area contributed by atoms with Gasteiger partial charge in [0.2, 0.25) is 0 Å². The molecule has 0 amide bonds. The van der Waals surface area contributed by atoms with Gasteiger partial charge in [0, 0.05) is 12.2 Å². The van der Waals surface area contributed by atoms with Crippen molar-refractivity contribution in [3.05, 3.63) is 93.0 Å². The number of aromatic carboxylic acids is 1. The number of ether oxygens (including phenoxy) is 1. The number of nitrogens with one attached hydrogen (secondary N) is 1. The largest absolute Gasteiger partial charge is 0.486 e. The zero-order chi connectivity index (χ0) is 20.1. The molecule has 0 unspecified atom stereocenters. The van der Waals surface area contributed by atoms with E-state index in [1.54, 1.807) is 31.2 Å². The molecular formula is C22H19Cl2NO3. The molecule has 0 fully saturated rings. The van der Waals surface area contributed by atoms with Crippen molar-refractivity contribution in [2.45, 2.75) is 20.1 Å². The minimum absolute atomic E-state index is 0.269. The highest BCUT2D eigenvalue weighted by atomic mass is 35.5. The van der Waals surface area contributed by atoms with E-state index >= 15 is 0 Å². The van der Waals surface area contributed by atoms with Gasteiger partial charge in [0.05, 0.1) is 15.6 Å². The second kappa shape index (κ2) is 9.00. The van der Waals surface area contributed by atoms with E-state index in [2.05, 4.69) is 5.32 Å². The van der Waals surface area contributed by atoms with Gasteiger partial charge in [0.25, 0.3) is 0 Å². The van der Waals surface area contributed by atoms with Gasteiger partial charge in [0.15, 0.2) is 5.75 Å². The lowest BCUT2D eigenvalue weighted by Crippen LogP contribution is -2.06. The number of hydrogen-bond donors (Lipinski definition) is 2. The minimum Gasteiger partial charge on any atom is -0.486 e. The Hall–Kier alpha value is -2.69. The molecule has 0 aliphatic rings. The quantitative estimate of drug-likeness (QED) is 0.482. The number of rotatable bonds is 7. The van der Waals surface area contributed by atoms with Crippen LogP contribution in [-0.4, -0.2) is 11.1 Å². The summed E-state index contributed by atoms with van der Waals surface area (Å²) in [6.45, 7) is 2.59. The van der Waals surface area contributed by atoms with Gasteiger partial charge in [-0.15, -0.1) is 0 Å². The van der Waals surface area contributed by atoms with Gasteiger partial charge in [-0.3, -0.25) is 0 Å². The molecule has 0 aliphatic heterocycles. The summed E-state index contributed by atoms with van der Waals surface area (Å²) in [5.41, 5.74) is 3.58. The lowest BCUT2D eigenvalue weighted by atomic mass is 10.1. The Labute approximate surface area is 173 Å². The number of carboxylic acid groups (broad SMARTS) is 1. The van der Waals surface area contributed by atoms with Crippen molar-refractivity contribution in [3.8, 4) is 5.75 Å². The van der Waals surface area contributed by atoms with Crippen LogP contribution >= 0.6 is 23.2 Å². The number of carboxylic acids is 1. The van der Waals surface area contributed by atoms with Crippen LogP contribution in [0.1, 0.15) is 27.0 Å². The smallest absolute Gasteiger partial charge is 0.336 e. The van der Waals surface area contributed by atoms with E-state index in [4.69, 9.17) is 27.9 Å². The van der Waals surface area contributed by atoms with Gasteiger partial charge in [-0.25, -0.2) is 4.79 Å². The van der Waals surface area contributed by atoms with E-state index in [0.717, 1.165) is 16.8 Å². The maximum atomic E-state index is 11.3. The maximum absolute atomic E-state index is 11.3. The van der Waals surface area contributed by atoms with Gasteiger partial charge in [-0.2, -0.15) is 0 Å². The van der Waals surface area contributed by atoms with Crippen molar-refractivity contribution in [1.82, 2.24) is 0 Å². The van der Waals surface area contributed by atoms with E-state index < -0.39 is 5.97 Å². The third kappa shape index (κ3) is 4.77. The number of anilines is 1. The number of benzene rings is 3. The van der Waals surface area contributed by atoms with Crippen molar-refractivity contribution in [2.24, 2.45) is 0 Å². The molecule has 3 rings (SSSR count). The Morgan fingerprint density at radius 1 is 1.00 bits per heavy atom. The molecule has 0 spiro atoms. The average molecular weight is 416 g/mol. The molecule has 0 saturated carbocycles. The summed E-state index contributed by atoms with van der Waals surface area (Å²) in [5, 5.41) is 13.3. The topological polar surface area (TPSA) is 58.6 Å². The zero-order valence-electron chi connectivity index (χ0n) is 15.2. The molecule has 6 heteroatoms. The van der Waals surface area contributed by atoms with Crippen LogP contribution < -0.4 is 10.1 Å². The number of carbonyl (C=O) groups is 1. The molecule has 0 saturated heterocycles. The molecular weight excluding hydrogens is 397 g/mol. The van der Waals surface area contributed by atoms with Crippen LogP contribution in [0, 0.1) is 6.92 Å². The van der Waals surface area contributed by atoms with E-state index in [1.807, 2.05) is 36.4 Å². The minimum atomic E-state index is -0.952. The predicted molar refractivity (Wildman–Crippen MR) is 113 cm³/mol. The van der Waals surface area contributed by atoms with E-state index in [1.165, 1.54) is 0 Å². The van der Waals surface area contributed by atoms with Crippen molar-refractivity contribution in [3.63, 3.8) is 0 Å². The maximum Gasteiger partial charge on any atom is 0.336 e.